The summed E-state index contributed by atoms with van der Waals surface area (Å²) in [5.74, 6) is -0.249. The first-order valence-electron chi connectivity index (χ1n) is 5.63. The Morgan fingerprint density at radius 2 is 2.28 bits per heavy atom. The van der Waals surface area contributed by atoms with E-state index >= 15 is 0 Å². The van der Waals surface area contributed by atoms with Gasteiger partial charge < -0.3 is 24.5 Å². The smallest absolute Gasteiger partial charge is 0.360 e. The van der Waals surface area contributed by atoms with Gasteiger partial charge in [-0.1, -0.05) is 0 Å². The van der Waals surface area contributed by atoms with Crippen LogP contribution in [0.5, 0.6) is 0 Å². The minimum Gasteiger partial charge on any atom is -0.461 e. The standard InChI is InChI=1S/C11H19N3O4/c1-4-18-11(15)9-10(12)14(7-13-9)5-8(17-3)6-16-2/h7-8H,4-6,12H2,1-3H3. The second-order valence-electron chi connectivity index (χ2n) is 3.66. The van der Waals surface area contributed by atoms with Gasteiger partial charge in [-0.15, -0.1) is 0 Å². The third-order valence-electron chi connectivity index (χ3n) is 2.43. The van der Waals surface area contributed by atoms with Crippen molar-refractivity contribution in [1.82, 2.24) is 9.55 Å². The van der Waals surface area contributed by atoms with Gasteiger partial charge in [0.15, 0.2) is 5.69 Å². The molecule has 0 saturated carbocycles. The molecule has 1 unspecified atom stereocenters. The summed E-state index contributed by atoms with van der Waals surface area (Å²) >= 11 is 0. The summed E-state index contributed by atoms with van der Waals surface area (Å²) in [5.41, 5.74) is 5.97. The number of nitrogens with two attached hydrogens (primary N) is 1. The van der Waals surface area contributed by atoms with Crippen LogP contribution in [-0.2, 0) is 20.8 Å². The molecule has 1 aromatic rings. The predicted octanol–water partition coefficient (Wildman–Crippen LogP) is 0.303. The van der Waals surface area contributed by atoms with Crippen molar-refractivity contribution in [2.24, 2.45) is 0 Å². The lowest BCUT2D eigenvalue weighted by molar-refractivity contribution is 0.0186. The van der Waals surface area contributed by atoms with Crippen LogP contribution in [0, 0.1) is 0 Å². The Morgan fingerprint density at radius 1 is 1.56 bits per heavy atom. The van der Waals surface area contributed by atoms with Gasteiger partial charge in [0, 0.05) is 14.2 Å². The molecule has 0 aliphatic carbocycles. The van der Waals surface area contributed by atoms with Crippen molar-refractivity contribution in [3.63, 3.8) is 0 Å². The normalized spacial score (nSPS) is 12.4. The first-order valence-corrected chi connectivity index (χ1v) is 5.63. The Hall–Kier alpha value is -1.60. The summed E-state index contributed by atoms with van der Waals surface area (Å²) in [4.78, 5) is 15.5. The van der Waals surface area contributed by atoms with Gasteiger partial charge in [0.05, 0.1) is 32.2 Å². The van der Waals surface area contributed by atoms with Gasteiger partial charge in [-0.25, -0.2) is 9.78 Å². The summed E-state index contributed by atoms with van der Waals surface area (Å²) in [6.45, 7) is 2.91. The van der Waals surface area contributed by atoms with Crippen LogP contribution >= 0.6 is 0 Å². The molecule has 0 bridgehead atoms. The van der Waals surface area contributed by atoms with Crippen molar-refractivity contribution >= 4 is 11.8 Å². The van der Waals surface area contributed by atoms with Crippen LogP contribution < -0.4 is 5.73 Å². The molecule has 7 nitrogen and oxygen atoms in total. The second-order valence-corrected chi connectivity index (χ2v) is 3.66. The highest BCUT2D eigenvalue weighted by molar-refractivity contribution is 5.92. The molecule has 0 aliphatic rings. The fourth-order valence-electron chi connectivity index (χ4n) is 1.49. The molecular formula is C11H19N3O4. The van der Waals surface area contributed by atoms with Crippen LogP contribution in [-0.4, -0.2) is 49.1 Å². The molecule has 0 aromatic carbocycles. The molecule has 0 saturated heterocycles. The van der Waals surface area contributed by atoms with E-state index in [2.05, 4.69) is 4.98 Å². The third-order valence-corrected chi connectivity index (χ3v) is 2.43. The van der Waals surface area contributed by atoms with E-state index in [1.807, 2.05) is 0 Å². The molecule has 1 aromatic heterocycles. The molecule has 1 atom stereocenters. The van der Waals surface area contributed by atoms with E-state index < -0.39 is 5.97 Å². The van der Waals surface area contributed by atoms with Gasteiger partial charge in [0.25, 0.3) is 0 Å². The van der Waals surface area contributed by atoms with Crippen LogP contribution in [0.25, 0.3) is 0 Å². The first-order chi connectivity index (χ1) is 8.63. The lowest BCUT2D eigenvalue weighted by Gasteiger charge is -2.15. The van der Waals surface area contributed by atoms with Gasteiger partial charge in [0.1, 0.15) is 5.82 Å². The van der Waals surface area contributed by atoms with Crippen molar-refractivity contribution < 1.29 is 19.0 Å². The summed E-state index contributed by atoms with van der Waals surface area (Å²) < 4.78 is 16.7. The van der Waals surface area contributed by atoms with Crippen LogP contribution in [0.3, 0.4) is 0 Å². The number of esters is 1. The summed E-state index contributed by atoms with van der Waals surface area (Å²) in [5, 5.41) is 0. The van der Waals surface area contributed by atoms with E-state index in [0.717, 1.165) is 0 Å². The number of hydrogen-bond donors (Lipinski definition) is 1. The molecule has 7 heteroatoms. The van der Waals surface area contributed by atoms with Crippen molar-refractivity contribution in [2.75, 3.05) is 33.2 Å². The van der Waals surface area contributed by atoms with Crippen molar-refractivity contribution in [1.29, 1.82) is 0 Å². The highest BCUT2D eigenvalue weighted by atomic mass is 16.5. The third kappa shape index (κ3) is 3.44. The van der Waals surface area contributed by atoms with Crippen LogP contribution in [0.1, 0.15) is 17.4 Å². The number of ether oxygens (including phenoxy) is 3. The Morgan fingerprint density at radius 3 is 2.83 bits per heavy atom. The highest BCUT2D eigenvalue weighted by Gasteiger charge is 2.18. The molecule has 18 heavy (non-hydrogen) atoms. The minimum absolute atomic E-state index is 0.129. The van der Waals surface area contributed by atoms with Gasteiger partial charge in [-0.05, 0) is 6.92 Å². The molecule has 0 radical (unpaired) electrons. The molecule has 0 fully saturated rings. The number of carbonyl (C=O) groups excluding carboxylic acids is 1. The van der Waals surface area contributed by atoms with E-state index in [1.165, 1.54) is 6.33 Å². The molecule has 0 amide bonds. The fourth-order valence-corrected chi connectivity index (χ4v) is 1.49. The quantitative estimate of drug-likeness (QED) is 0.707. The SMILES string of the molecule is CCOC(=O)c1ncn(CC(COC)OC)c1N. The van der Waals surface area contributed by atoms with Crippen molar-refractivity contribution in [3.8, 4) is 0 Å². The Labute approximate surface area is 106 Å². The maximum absolute atomic E-state index is 11.5. The molecule has 0 aliphatic heterocycles. The number of anilines is 1. The highest BCUT2D eigenvalue weighted by Crippen LogP contribution is 2.12. The average molecular weight is 257 g/mol. The van der Waals surface area contributed by atoms with Gasteiger partial charge in [-0.3, -0.25) is 0 Å². The number of nitrogens with zero attached hydrogens (tertiary/aromatic N) is 2. The average Bonchev–Trinajstić information content (AvgIpc) is 2.71. The topological polar surface area (TPSA) is 88.6 Å². The van der Waals surface area contributed by atoms with Crippen molar-refractivity contribution in [3.05, 3.63) is 12.0 Å². The monoisotopic (exact) mass is 257 g/mol. The molecule has 0 spiro atoms. The van der Waals surface area contributed by atoms with E-state index in [1.54, 1.807) is 25.7 Å². The fraction of sp³-hybridized carbons (Fsp3) is 0.636. The Kier molecular flexibility index (Phi) is 5.60. The number of methoxy groups -OCH3 is 2. The summed E-state index contributed by atoms with van der Waals surface area (Å²) in [6, 6.07) is 0. The first kappa shape index (κ1) is 14.5. The number of imidazole rings is 1. The number of aromatic nitrogens is 2. The second kappa shape index (κ2) is 6.97. The maximum Gasteiger partial charge on any atom is 0.360 e. The lowest BCUT2D eigenvalue weighted by atomic mass is 10.3. The van der Waals surface area contributed by atoms with E-state index in [4.69, 9.17) is 19.9 Å². The Bertz CT molecular complexity index is 392. The number of rotatable bonds is 7. The number of carbonyl (C=O) groups is 1. The Balaban J connectivity index is 2.76. The van der Waals surface area contributed by atoms with Gasteiger partial charge >= 0.3 is 5.97 Å². The van der Waals surface area contributed by atoms with Crippen LogP contribution in [0.4, 0.5) is 5.82 Å². The zero-order valence-corrected chi connectivity index (χ0v) is 10.9. The van der Waals surface area contributed by atoms with E-state index in [9.17, 15) is 4.79 Å². The van der Waals surface area contributed by atoms with Crippen molar-refractivity contribution in [2.45, 2.75) is 19.6 Å². The lowest BCUT2D eigenvalue weighted by Crippen LogP contribution is -2.24. The van der Waals surface area contributed by atoms with Gasteiger partial charge in [-0.2, -0.15) is 0 Å². The number of hydrogen-bond acceptors (Lipinski definition) is 6. The minimum atomic E-state index is -0.519. The summed E-state index contributed by atoms with van der Waals surface area (Å²) in [7, 11) is 3.18. The number of nitrogen functional groups attached to an aromatic ring is 1. The maximum atomic E-state index is 11.5. The molecule has 1 heterocycles. The van der Waals surface area contributed by atoms with E-state index in [0.29, 0.717) is 13.2 Å². The molecular weight excluding hydrogens is 238 g/mol. The zero-order chi connectivity index (χ0) is 13.5. The largest absolute Gasteiger partial charge is 0.461 e. The zero-order valence-electron chi connectivity index (χ0n) is 10.9. The van der Waals surface area contributed by atoms with Gasteiger partial charge in [0.2, 0.25) is 0 Å². The molecule has 102 valence electrons. The van der Waals surface area contributed by atoms with Crippen LogP contribution in [0.15, 0.2) is 6.33 Å². The molecule has 1 rings (SSSR count). The predicted molar refractivity (Wildman–Crippen MR) is 65.3 cm³/mol. The van der Waals surface area contributed by atoms with Crippen LogP contribution in [0.2, 0.25) is 0 Å². The summed E-state index contributed by atoms with van der Waals surface area (Å²) in [6.07, 6.45) is 1.34. The molecule has 2 N–H and O–H groups in total. The van der Waals surface area contributed by atoms with E-state index in [-0.39, 0.29) is 24.2 Å².